The Morgan fingerprint density at radius 2 is 1.11 bits per heavy atom. The van der Waals surface area contributed by atoms with E-state index in [9.17, 15) is 5.11 Å². The maximum Gasteiger partial charge on any atom is 0.330 e. The monoisotopic (exact) mass is 601 g/mol. The first-order valence-corrected chi connectivity index (χ1v) is 15.4. The molecule has 7 heteroatoms. The van der Waals surface area contributed by atoms with Gasteiger partial charge in [-0.15, -0.1) is 0 Å². The van der Waals surface area contributed by atoms with Crippen LogP contribution in [0.25, 0.3) is 61.7 Å². The van der Waals surface area contributed by atoms with Crippen LogP contribution in [-0.2, 0) is 4.65 Å². The molecule has 0 bridgehead atoms. The van der Waals surface area contributed by atoms with Gasteiger partial charge in [0.25, 0.3) is 0 Å². The lowest BCUT2D eigenvalue weighted by Gasteiger charge is -2.37. The first kappa shape index (κ1) is 29.6. The van der Waals surface area contributed by atoms with Crippen molar-refractivity contribution in [1.29, 1.82) is 0 Å². The average molecular weight is 602 g/mol. The number of nitrogens with zero attached hydrogens (tertiary/aromatic N) is 4. The minimum absolute atomic E-state index is 0.570. The maximum atomic E-state index is 10.4. The Bertz CT molecular complexity index is 2100. The third kappa shape index (κ3) is 5.60. The molecule has 0 saturated heterocycles. The first-order valence-electron chi connectivity index (χ1n) is 15.4. The number of hydrogen-bond acceptors (Lipinski definition) is 5. The SMILES string of the molecule is CC(C)(O)C(C)(C)O[B]c1ccc(-c2ccc3c(c2)c2ccccc2n3-c2nc(-c3ccccc3)nc(-c3ccccc3)n2)cc1. The van der Waals surface area contributed by atoms with E-state index in [-0.39, 0.29) is 0 Å². The molecule has 0 aliphatic heterocycles. The number of hydrogen-bond donors (Lipinski definition) is 1. The van der Waals surface area contributed by atoms with Gasteiger partial charge in [0.05, 0.1) is 22.2 Å². The Labute approximate surface area is 269 Å². The molecule has 2 aromatic heterocycles. The topological polar surface area (TPSA) is 73.1 Å². The van der Waals surface area contributed by atoms with Crippen molar-refractivity contribution < 1.29 is 9.76 Å². The number of fused-ring (bicyclic) bond motifs is 3. The van der Waals surface area contributed by atoms with E-state index in [2.05, 4.69) is 53.1 Å². The number of rotatable bonds is 8. The molecule has 0 amide bonds. The molecule has 0 spiro atoms. The molecule has 0 fully saturated rings. The second-order valence-corrected chi connectivity index (χ2v) is 12.5. The summed E-state index contributed by atoms with van der Waals surface area (Å²) in [7, 11) is 1.71. The molecule has 6 nitrogen and oxygen atoms in total. The lowest BCUT2D eigenvalue weighted by Crippen LogP contribution is -2.49. The fraction of sp³-hybridized carbons (Fsp3) is 0.154. The third-order valence-corrected chi connectivity index (χ3v) is 8.77. The van der Waals surface area contributed by atoms with Crippen LogP contribution in [0.1, 0.15) is 27.7 Å². The van der Waals surface area contributed by atoms with Crippen LogP contribution in [0.3, 0.4) is 0 Å². The van der Waals surface area contributed by atoms with Gasteiger partial charge in [-0.25, -0.2) is 4.98 Å². The quantitative estimate of drug-likeness (QED) is 0.180. The van der Waals surface area contributed by atoms with E-state index in [0.29, 0.717) is 17.6 Å². The number of benzene rings is 5. The van der Waals surface area contributed by atoms with Crippen LogP contribution >= 0.6 is 0 Å². The molecule has 7 rings (SSSR count). The van der Waals surface area contributed by atoms with Crippen molar-refractivity contribution >= 4 is 34.8 Å². The predicted octanol–water partition coefficient (Wildman–Crippen LogP) is 7.78. The predicted molar refractivity (Wildman–Crippen MR) is 187 cm³/mol. The number of aromatic nitrogens is 4. The normalized spacial score (nSPS) is 12.1. The van der Waals surface area contributed by atoms with Gasteiger partial charge in [0.1, 0.15) is 0 Å². The summed E-state index contributed by atoms with van der Waals surface area (Å²) in [5.74, 6) is 1.82. The Hall–Kier alpha value is -5.11. The van der Waals surface area contributed by atoms with Gasteiger partial charge in [0, 0.05) is 21.9 Å². The zero-order valence-corrected chi connectivity index (χ0v) is 26.3. The Balaban J connectivity index is 1.31. The number of aliphatic hydroxyl groups is 1. The summed E-state index contributed by atoms with van der Waals surface area (Å²) >= 11 is 0. The minimum Gasteiger partial charge on any atom is -0.427 e. The standard InChI is InChI=1S/C39H34BN4O2/c1-38(2,45)39(3,4)46-40-30-22-19-26(20-23-30)29-21-24-34-32(25-29)31-17-11-12-18-33(31)44(34)37-42-35(27-13-7-5-8-14-27)41-36(43-37)28-15-9-6-10-16-28/h5-25,45H,1-4H3. The summed E-state index contributed by atoms with van der Waals surface area (Å²) in [5, 5.41) is 12.7. The highest BCUT2D eigenvalue weighted by Gasteiger charge is 2.35. The van der Waals surface area contributed by atoms with Gasteiger partial charge < -0.3 is 9.76 Å². The second-order valence-electron chi connectivity index (χ2n) is 12.5. The van der Waals surface area contributed by atoms with Gasteiger partial charge >= 0.3 is 7.48 Å². The molecule has 7 aromatic rings. The van der Waals surface area contributed by atoms with Crippen LogP contribution in [0.2, 0.25) is 0 Å². The van der Waals surface area contributed by atoms with E-state index in [1.54, 1.807) is 21.3 Å². The molecule has 0 unspecified atom stereocenters. The first-order chi connectivity index (χ1) is 22.2. The number of para-hydroxylation sites is 1. The smallest absolute Gasteiger partial charge is 0.330 e. The van der Waals surface area contributed by atoms with Crippen molar-refractivity contribution in [3.8, 4) is 39.9 Å². The van der Waals surface area contributed by atoms with E-state index < -0.39 is 11.2 Å². The molecular formula is C39H34BN4O2. The Morgan fingerprint density at radius 1 is 0.565 bits per heavy atom. The van der Waals surface area contributed by atoms with Gasteiger partial charge in [-0.2, -0.15) is 9.97 Å². The zero-order chi connectivity index (χ0) is 31.9. The van der Waals surface area contributed by atoms with Gasteiger partial charge in [-0.05, 0) is 57.0 Å². The van der Waals surface area contributed by atoms with Crippen LogP contribution in [0.4, 0.5) is 0 Å². The summed E-state index contributed by atoms with van der Waals surface area (Å²) in [4.78, 5) is 14.9. The van der Waals surface area contributed by atoms with E-state index in [4.69, 9.17) is 19.6 Å². The Kier molecular flexibility index (Phi) is 7.51. The second kappa shape index (κ2) is 11.7. The van der Waals surface area contributed by atoms with Crippen molar-refractivity contribution in [3.63, 3.8) is 0 Å². The van der Waals surface area contributed by atoms with Crippen molar-refractivity contribution in [2.24, 2.45) is 0 Å². The molecule has 0 aliphatic rings. The van der Waals surface area contributed by atoms with Gasteiger partial charge in [-0.3, -0.25) is 4.57 Å². The van der Waals surface area contributed by atoms with E-state index in [0.717, 1.165) is 49.5 Å². The molecule has 5 aromatic carbocycles. The Morgan fingerprint density at radius 3 is 1.72 bits per heavy atom. The van der Waals surface area contributed by atoms with Crippen LogP contribution in [-0.4, -0.2) is 43.3 Å². The van der Waals surface area contributed by atoms with Gasteiger partial charge in [0.2, 0.25) is 5.95 Å². The third-order valence-electron chi connectivity index (χ3n) is 8.77. The highest BCUT2D eigenvalue weighted by Crippen LogP contribution is 2.35. The molecule has 0 atom stereocenters. The molecule has 225 valence electrons. The summed E-state index contributed by atoms with van der Waals surface area (Å²) in [6, 6.07) is 43.2. The molecule has 1 N–H and O–H groups in total. The van der Waals surface area contributed by atoms with Crippen molar-refractivity contribution in [2.75, 3.05) is 0 Å². The van der Waals surface area contributed by atoms with Crippen molar-refractivity contribution in [2.45, 2.75) is 38.9 Å². The molecule has 1 radical (unpaired) electrons. The van der Waals surface area contributed by atoms with E-state index in [1.807, 2.05) is 92.7 Å². The van der Waals surface area contributed by atoms with Crippen LogP contribution < -0.4 is 5.46 Å². The fourth-order valence-electron chi connectivity index (χ4n) is 5.38. The summed E-state index contributed by atoms with van der Waals surface area (Å²) in [6.07, 6.45) is 0. The maximum absolute atomic E-state index is 10.4. The zero-order valence-electron chi connectivity index (χ0n) is 26.3. The van der Waals surface area contributed by atoms with Crippen LogP contribution in [0.15, 0.2) is 127 Å². The van der Waals surface area contributed by atoms with Crippen LogP contribution in [0.5, 0.6) is 0 Å². The van der Waals surface area contributed by atoms with E-state index in [1.165, 1.54) is 0 Å². The minimum atomic E-state index is -0.981. The lowest BCUT2D eigenvalue weighted by atomic mass is 9.82. The average Bonchev–Trinajstić information content (AvgIpc) is 3.41. The fourth-order valence-corrected chi connectivity index (χ4v) is 5.38. The molecule has 46 heavy (non-hydrogen) atoms. The summed E-state index contributed by atoms with van der Waals surface area (Å²) in [6.45, 7) is 7.27. The summed E-state index contributed by atoms with van der Waals surface area (Å²) < 4.78 is 8.09. The largest absolute Gasteiger partial charge is 0.427 e. The van der Waals surface area contributed by atoms with Gasteiger partial charge in [-0.1, -0.05) is 115 Å². The highest BCUT2D eigenvalue weighted by molar-refractivity contribution is 6.47. The summed E-state index contributed by atoms with van der Waals surface area (Å²) in [5.41, 5.74) is 5.32. The van der Waals surface area contributed by atoms with Gasteiger partial charge in [0.15, 0.2) is 11.6 Å². The molecule has 0 aliphatic carbocycles. The molecule has 0 saturated carbocycles. The van der Waals surface area contributed by atoms with Crippen molar-refractivity contribution in [1.82, 2.24) is 19.5 Å². The molecular weight excluding hydrogens is 567 g/mol. The molecule has 2 heterocycles. The van der Waals surface area contributed by atoms with Crippen molar-refractivity contribution in [3.05, 3.63) is 127 Å². The van der Waals surface area contributed by atoms with Crippen LogP contribution in [0, 0.1) is 0 Å². The highest BCUT2D eigenvalue weighted by atomic mass is 16.5. The lowest BCUT2D eigenvalue weighted by molar-refractivity contribution is -0.0893. The van der Waals surface area contributed by atoms with E-state index >= 15 is 0 Å².